The summed E-state index contributed by atoms with van der Waals surface area (Å²) in [6.07, 6.45) is 7.13. The van der Waals surface area contributed by atoms with Crippen molar-refractivity contribution in [2.24, 2.45) is 0 Å². The van der Waals surface area contributed by atoms with Crippen LogP contribution in [0.15, 0.2) is 12.4 Å². The Bertz CT molecular complexity index is 405. The number of aryl methyl sites for hydroxylation is 1. The van der Waals surface area contributed by atoms with Gasteiger partial charge in [0.1, 0.15) is 5.69 Å². The van der Waals surface area contributed by atoms with Gasteiger partial charge in [-0.2, -0.15) is 0 Å². The summed E-state index contributed by atoms with van der Waals surface area (Å²) in [4.78, 5) is 22.3. The van der Waals surface area contributed by atoms with Crippen LogP contribution in [0.2, 0.25) is 0 Å². The molecule has 2 heterocycles. The molecule has 0 radical (unpaired) electrons. The Morgan fingerprint density at radius 1 is 1.39 bits per heavy atom. The van der Waals surface area contributed by atoms with Gasteiger partial charge in [-0.15, -0.1) is 0 Å². The molecule has 0 bridgehead atoms. The van der Waals surface area contributed by atoms with E-state index in [0.29, 0.717) is 12.2 Å². The first-order valence-corrected chi connectivity index (χ1v) is 6.43. The molecule has 1 fully saturated rings. The number of aliphatic hydroxyl groups is 1. The lowest BCUT2D eigenvalue weighted by molar-refractivity contribution is 0.0593. The van der Waals surface area contributed by atoms with Crippen molar-refractivity contribution in [2.75, 3.05) is 13.2 Å². The summed E-state index contributed by atoms with van der Waals surface area (Å²) in [5.74, 6) is -0.122. The lowest BCUT2D eigenvalue weighted by Gasteiger charge is -2.28. The maximum Gasteiger partial charge on any atom is 0.274 e. The van der Waals surface area contributed by atoms with E-state index in [0.717, 1.165) is 31.4 Å². The van der Waals surface area contributed by atoms with Gasteiger partial charge in [0.25, 0.3) is 5.91 Å². The smallest absolute Gasteiger partial charge is 0.274 e. The zero-order chi connectivity index (χ0) is 13.0. The SMILES string of the molecule is Cc1cnc(C(=O)N2CCCCCC2CO)cn1. The summed E-state index contributed by atoms with van der Waals surface area (Å²) in [7, 11) is 0. The second-order valence-corrected chi connectivity index (χ2v) is 4.73. The predicted molar refractivity (Wildman–Crippen MR) is 67.1 cm³/mol. The van der Waals surface area contributed by atoms with E-state index in [-0.39, 0.29) is 18.6 Å². The van der Waals surface area contributed by atoms with Crippen LogP contribution in [0.25, 0.3) is 0 Å². The quantitative estimate of drug-likeness (QED) is 0.854. The van der Waals surface area contributed by atoms with Crippen LogP contribution in [-0.4, -0.2) is 45.1 Å². The third kappa shape index (κ3) is 2.85. The van der Waals surface area contributed by atoms with Gasteiger partial charge in [-0.1, -0.05) is 12.8 Å². The fourth-order valence-corrected chi connectivity index (χ4v) is 2.28. The van der Waals surface area contributed by atoms with Gasteiger partial charge in [-0.25, -0.2) is 4.98 Å². The largest absolute Gasteiger partial charge is 0.394 e. The number of carbonyl (C=O) groups is 1. The molecule has 1 unspecified atom stereocenters. The van der Waals surface area contributed by atoms with Gasteiger partial charge < -0.3 is 10.0 Å². The van der Waals surface area contributed by atoms with Gasteiger partial charge in [0.05, 0.1) is 24.5 Å². The topological polar surface area (TPSA) is 66.3 Å². The zero-order valence-electron chi connectivity index (χ0n) is 10.7. The first-order valence-electron chi connectivity index (χ1n) is 6.43. The van der Waals surface area contributed by atoms with E-state index in [9.17, 15) is 9.90 Å². The third-order valence-electron chi connectivity index (χ3n) is 3.35. The molecule has 5 nitrogen and oxygen atoms in total. The standard InChI is InChI=1S/C13H19N3O2/c1-10-7-15-12(8-14-10)13(18)16-6-4-2-3-5-11(16)9-17/h7-8,11,17H,2-6,9H2,1H3. The molecule has 1 amide bonds. The van der Waals surface area contributed by atoms with E-state index < -0.39 is 0 Å². The lowest BCUT2D eigenvalue weighted by atomic mass is 10.1. The number of rotatable bonds is 2. The van der Waals surface area contributed by atoms with Gasteiger partial charge in [-0.3, -0.25) is 9.78 Å². The number of hydrogen-bond donors (Lipinski definition) is 1. The fourth-order valence-electron chi connectivity index (χ4n) is 2.28. The highest BCUT2D eigenvalue weighted by Gasteiger charge is 2.26. The summed E-state index contributed by atoms with van der Waals surface area (Å²) in [6.45, 7) is 2.55. The molecule has 0 aromatic carbocycles. The van der Waals surface area contributed by atoms with Gasteiger partial charge in [0.15, 0.2) is 0 Å². The van der Waals surface area contributed by atoms with Crippen LogP contribution >= 0.6 is 0 Å². The molecule has 2 rings (SSSR count). The van der Waals surface area contributed by atoms with Gasteiger partial charge >= 0.3 is 0 Å². The first-order chi connectivity index (χ1) is 8.72. The molecule has 18 heavy (non-hydrogen) atoms. The fraction of sp³-hybridized carbons (Fsp3) is 0.615. The minimum absolute atomic E-state index is 0.0189. The summed E-state index contributed by atoms with van der Waals surface area (Å²) < 4.78 is 0. The van der Waals surface area contributed by atoms with Crippen molar-refractivity contribution in [1.29, 1.82) is 0 Å². The van der Waals surface area contributed by atoms with Crippen LogP contribution in [-0.2, 0) is 0 Å². The number of aromatic nitrogens is 2. The number of carbonyl (C=O) groups excluding carboxylic acids is 1. The Morgan fingerprint density at radius 2 is 2.22 bits per heavy atom. The molecule has 1 saturated heterocycles. The average molecular weight is 249 g/mol. The molecular weight excluding hydrogens is 230 g/mol. The molecule has 1 aliphatic rings. The van der Waals surface area contributed by atoms with Crippen molar-refractivity contribution in [3.63, 3.8) is 0 Å². The molecule has 0 saturated carbocycles. The second-order valence-electron chi connectivity index (χ2n) is 4.73. The number of amides is 1. The van der Waals surface area contributed by atoms with E-state index in [1.165, 1.54) is 6.20 Å². The van der Waals surface area contributed by atoms with E-state index in [2.05, 4.69) is 9.97 Å². The molecule has 98 valence electrons. The minimum Gasteiger partial charge on any atom is -0.394 e. The number of nitrogens with zero attached hydrogens (tertiary/aromatic N) is 3. The maximum atomic E-state index is 12.3. The van der Waals surface area contributed by atoms with E-state index >= 15 is 0 Å². The van der Waals surface area contributed by atoms with Crippen LogP contribution in [0.1, 0.15) is 41.9 Å². The summed E-state index contributed by atoms with van der Waals surface area (Å²) in [5.41, 5.74) is 1.15. The van der Waals surface area contributed by atoms with Crippen molar-refractivity contribution in [3.8, 4) is 0 Å². The highest BCUT2D eigenvalue weighted by molar-refractivity contribution is 5.92. The molecule has 5 heteroatoms. The Morgan fingerprint density at radius 3 is 2.89 bits per heavy atom. The molecule has 1 atom stereocenters. The molecule has 1 aromatic heterocycles. The Labute approximate surface area is 107 Å². The second kappa shape index (κ2) is 5.91. The van der Waals surface area contributed by atoms with Crippen LogP contribution in [0.5, 0.6) is 0 Å². The highest BCUT2D eigenvalue weighted by Crippen LogP contribution is 2.18. The Balaban J connectivity index is 2.17. The molecular formula is C13H19N3O2. The van der Waals surface area contributed by atoms with Crippen molar-refractivity contribution in [3.05, 3.63) is 23.8 Å². The van der Waals surface area contributed by atoms with Crippen molar-refractivity contribution >= 4 is 5.91 Å². The highest BCUT2D eigenvalue weighted by atomic mass is 16.3. The molecule has 1 aromatic rings. The van der Waals surface area contributed by atoms with Crippen molar-refractivity contribution in [2.45, 2.75) is 38.6 Å². The predicted octanol–water partition coefficient (Wildman–Crippen LogP) is 1.16. The van der Waals surface area contributed by atoms with Crippen LogP contribution in [0.4, 0.5) is 0 Å². The number of aliphatic hydroxyl groups excluding tert-OH is 1. The van der Waals surface area contributed by atoms with Crippen molar-refractivity contribution < 1.29 is 9.90 Å². The lowest BCUT2D eigenvalue weighted by Crippen LogP contribution is -2.42. The first kappa shape index (κ1) is 13.0. The van der Waals surface area contributed by atoms with E-state index in [1.54, 1.807) is 11.1 Å². The Kier molecular flexibility index (Phi) is 4.25. The maximum absolute atomic E-state index is 12.3. The zero-order valence-corrected chi connectivity index (χ0v) is 10.7. The molecule has 1 aliphatic heterocycles. The number of likely N-dealkylation sites (tertiary alicyclic amines) is 1. The van der Waals surface area contributed by atoms with Gasteiger partial charge in [0, 0.05) is 12.7 Å². The van der Waals surface area contributed by atoms with Crippen LogP contribution in [0, 0.1) is 6.92 Å². The average Bonchev–Trinajstić information content (AvgIpc) is 2.63. The van der Waals surface area contributed by atoms with E-state index in [4.69, 9.17) is 0 Å². The summed E-state index contributed by atoms with van der Waals surface area (Å²) in [5, 5.41) is 9.40. The van der Waals surface area contributed by atoms with Crippen LogP contribution in [0.3, 0.4) is 0 Å². The van der Waals surface area contributed by atoms with Gasteiger partial charge in [0.2, 0.25) is 0 Å². The molecule has 0 spiro atoms. The summed E-state index contributed by atoms with van der Waals surface area (Å²) in [6, 6.07) is -0.0805. The molecule has 1 N–H and O–H groups in total. The normalized spacial score (nSPS) is 20.6. The monoisotopic (exact) mass is 249 g/mol. The summed E-state index contributed by atoms with van der Waals surface area (Å²) >= 11 is 0. The van der Waals surface area contributed by atoms with E-state index in [1.807, 2.05) is 6.92 Å². The van der Waals surface area contributed by atoms with Gasteiger partial charge in [-0.05, 0) is 19.8 Å². The van der Waals surface area contributed by atoms with Crippen molar-refractivity contribution in [1.82, 2.24) is 14.9 Å². The molecule has 0 aliphatic carbocycles. The third-order valence-corrected chi connectivity index (χ3v) is 3.35. The minimum atomic E-state index is -0.122. The number of hydrogen-bond acceptors (Lipinski definition) is 4. The van der Waals surface area contributed by atoms with Crippen LogP contribution < -0.4 is 0 Å². The Hall–Kier alpha value is -1.49.